The summed E-state index contributed by atoms with van der Waals surface area (Å²) in [6, 6.07) is 20.0. The number of hydrogen-bond acceptors (Lipinski definition) is 7. The third-order valence-corrected chi connectivity index (χ3v) is 4.96. The summed E-state index contributed by atoms with van der Waals surface area (Å²) >= 11 is 0. The number of nitrogens with one attached hydrogen (secondary N) is 1. The molecule has 3 heterocycles. The van der Waals surface area contributed by atoms with E-state index in [1.54, 1.807) is 29.0 Å². The average molecular weight is 437 g/mol. The number of hydrogen-bond donors (Lipinski definition) is 1. The van der Waals surface area contributed by atoms with E-state index < -0.39 is 4.92 Å². The molecule has 0 unspecified atom stereocenters. The largest absolute Gasteiger partial charge is 0.322 e. The van der Waals surface area contributed by atoms with Gasteiger partial charge in [-0.3, -0.25) is 19.9 Å². The fourth-order valence-corrected chi connectivity index (χ4v) is 3.32. The topological polar surface area (TPSA) is 128 Å². The van der Waals surface area contributed by atoms with E-state index in [1.165, 1.54) is 24.3 Å². The van der Waals surface area contributed by atoms with Gasteiger partial charge in [-0.2, -0.15) is 9.61 Å². The predicted molar refractivity (Wildman–Crippen MR) is 120 cm³/mol. The number of aromatic nitrogens is 5. The van der Waals surface area contributed by atoms with Gasteiger partial charge in [0.15, 0.2) is 11.5 Å². The van der Waals surface area contributed by atoms with Crippen LogP contribution < -0.4 is 5.32 Å². The quantitative estimate of drug-likeness (QED) is 0.325. The number of pyridine rings is 1. The molecule has 0 saturated heterocycles. The number of anilines is 1. The van der Waals surface area contributed by atoms with Gasteiger partial charge in [-0.05, 0) is 48.5 Å². The Labute approximate surface area is 186 Å². The Kier molecular flexibility index (Phi) is 5.00. The Morgan fingerprint density at radius 1 is 0.909 bits per heavy atom. The van der Waals surface area contributed by atoms with Crippen LogP contribution in [-0.4, -0.2) is 35.6 Å². The number of rotatable bonds is 5. The summed E-state index contributed by atoms with van der Waals surface area (Å²) < 4.78 is 1.66. The third kappa shape index (κ3) is 4.00. The van der Waals surface area contributed by atoms with Crippen molar-refractivity contribution in [2.45, 2.75) is 0 Å². The smallest absolute Gasteiger partial charge is 0.269 e. The Hall–Kier alpha value is -4.99. The summed E-state index contributed by atoms with van der Waals surface area (Å²) in [6.07, 6.45) is 3.36. The predicted octanol–water partition coefficient (Wildman–Crippen LogP) is 4.01. The van der Waals surface area contributed by atoms with Crippen LogP contribution in [-0.2, 0) is 0 Å². The fraction of sp³-hybridized carbons (Fsp3) is 0. The van der Waals surface area contributed by atoms with Gasteiger partial charge in [-0.15, -0.1) is 10.2 Å². The number of nitrogens with zero attached hydrogens (tertiary/aromatic N) is 6. The lowest BCUT2D eigenvalue weighted by Crippen LogP contribution is -2.11. The van der Waals surface area contributed by atoms with Crippen molar-refractivity contribution in [1.82, 2.24) is 24.8 Å². The van der Waals surface area contributed by atoms with E-state index in [2.05, 4.69) is 25.6 Å². The molecule has 3 aromatic heterocycles. The first-order chi connectivity index (χ1) is 16.1. The van der Waals surface area contributed by atoms with E-state index in [0.29, 0.717) is 28.4 Å². The molecule has 1 N–H and O–H groups in total. The highest BCUT2D eigenvalue weighted by atomic mass is 16.6. The Balaban J connectivity index is 1.43. The molecule has 10 heteroatoms. The second-order valence-corrected chi connectivity index (χ2v) is 7.09. The number of non-ortho nitro benzene ring substituents is 1. The molecule has 5 aromatic rings. The van der Waals surface area contributed by atoms with E-state index in [0.717, 1.165) is 11.1 Å². The van der Waals surface area contributed by atoms with E-state index in [-0.39, 0.29) is 11.6 Å². The molecular weight excluding hydrogens is 422 g/mol. The highest BCUT2D eigenvalue weighted by Crippen LogP contribution is 2.24. The van der Waals surface area contributed by atoms with Crippen molar-refractivity contribution in [3.63, 3.8) is 0 Å². The fourth-order valence-electron chi connectivity index (χ4n) is 3.32. The number of fused-ring (bicyclic) bond motifs is 1. The lowest BCUT2D eigenvalue weighted by molar-refractivity contribution is -0.384. The van der Waals surface area contributed by atoms with Crippen LogP contribution in [0.4, 0.5) is 11.4 Å². The lowest BCUT2D eigenvalue weighted by Gasteiger charge is -2.08. The summed E-state index contributed by atoms with van der Waals surface area (Å²) in [5, 5.41) is 26.7. The molecule has 10 nitrogen and oxygen atoms in total. The van der Waals surface area contributed by atoms with Crippen molar-refractivity contribution < 1.29 is 9.72 Å². The maximum absolute atomic E-state index is 12.6. The third-order valence-electron chi connectivity index (χ3n) is 4.96. The highest BCUT2D eigenvalue weighted by Gasteiger charge is 2.13. The molecule has 0 saturated carbocycles. The Morgan fingerprint density at radius 2 is 1.70 bits per heavy atom. The lowest BCUT2D eigenvalue weighted by atomic mass is 10.1. The van der Waals surface area contributed by atoms with Gasteiger partial charge in [0.25, 0.3) is 11.6 Å². The first-order valence-electron chi connectivity index (χ1n) is 9.87. The molecule has 0 radical (unpaired) electrons. The molecule has 160 valence electrons. The minimum absolute atomic E-state index is 0.0739. The van der Waals surface area contributed by atoms with Gasteiger partial charge in [-0.1, -0.05) is 12.1 Å². The second-order valence-electron chi connectivity index (χ2n) is 7.09. The molecule has 5 rings (SSSR count). The zero-order valence-corrected chi connectivity index (χ0v) is 17.0. The standard InChI is InChI=1S/C23H15N7O3/c31-23(16-4-6-19(7-5-16)30(32)33)25-18-3-1-2-17(14-18)20-8-9-21-26-27-22(29(21)28-20)15-10-12-24-13-11-15/h1-14H,(H,25,31). The molecule has 33 heavy (non-hydrogen) atoms. The van der Waals surface area contributed by atoms with Gasteiger partial charge >= 0.3 is 0 Å². The van der Waals surface area contributed by atoms with E-state index in [1.807, 2.05) is 36.4 Å². The van der Waals surface area contributed by atoms with Crippen molar-refractivity contribution in [2.75, 3.05) is 5.32 Å². The summed E-state index contributed by atoms with van der Waals surface area (Å²) in [5.74, 6) is 0.223. The molecule has 2 aromatic carbocycles. The van der Waals surface area contributed by atoms with Crippen LogP contribution in [0.25, 0.3) is 28.3 Å². The number of nitro benzene ring substituents is 1. The summed E-state index contributed by atoms with van der Waals surface area (Å²) in [4.78, 5) is 26.9. The second kappa shape index (κ2) is 8.27. The average Bonchev–Trinajstić information content (AvgIpc) is 3.28. The van der Waals surface area contributed by atoms with Gasteiger partial charge in [0.2, 0.25) is 0 Å². The van der Waals surface area contributed by atoms with E-state index >= 15 is 0 Å². The van der Waals surface area contributed by atoms with Crippen molar-refractivity contribution in [3.05, 3.63) is 101 Å². The van der Waals surface area contributed by atoms with Crippen molar-refractivity contribution >= 4 is 22.9 Å². The molecule has 0 bridgehead atoms. The molecular formula is C23H15N7O3. The number of nitro groups is 1. The number of carbonyl (C=O) groups excluding carboxylic acids is 1. The molecule has 0 aliphatic heterocycles. The van der Waals surface area contributed by atoms with Gasteiger partial charge in [0.1, 0.15) is 0 Å². The van der Waals surface area contributed by atoms with Crippen molar-refractivity contribution in [1.29, 1.82) is 0 Å². The van der Waals surface area contributed by atoms with Crippen molar-refractivity contribution in [3.8, 4) is 22.6 Å². The van der Waals surface area contributed by atoms with Crippen molar-refractivity contribution in [2.24, 2.45) is 0 Å². The first-order valence-corrected chi connectivity index (χ1v) is 9.87. The highest BCUT2D eigenvalue weighted by molar-refractivity contribution is 6.04. The molecule has 0 aliphatic carbocycles. The van der Waals surface area contributed by atoms with Crippen LogP contribution in [0.2, 0.25) is 0 Å². The molecule has 0 spiro atoms. The summed E-state index contributed by atoms with van der Waals surface area (Å²) in [5.41, 5.74) is 3.71. The normalized spacial score (nSPS) is 10.8. The van der Waals surface area contributed by atoms with Crippen LogP contribution in [0.5, 0.6) is 0 Å². The maximum atomic E-state index is 12.6. The summed E-state index contributed by atoms with van der Waals surface area (Å²) in [6.45, 7) is 0. The Morgan fingerprint density at radius 3 is 2.45 bits per heavy atom. The number of benzene rings is 2. The zero-order valence-electron chi connectivity index (χ0n) is 17.0. The number of carbonyl (C=O) groups is 1. The Bertz CT molecular complexity index is 1480. The van der Waals surface area contributed by atoms with Crippen LogP contribution in [0, 0.1) is 10.1 Å². The molecule has 0 aliphatic rings. The minimum atomic E-state index is -0.509. The van der Waals surface area contributed by atoms with Gasteiger partial charge in [0.05, 0.1) is 10.6 Å². The SMILES string of the molecule is O=C(Nc1cccc(-c2ccc3nnc(-c4ccncc4)n3n2)c1)c1ccc([N+](=O)[O-])cc1. The van der Waals surface area contributed by atoms with Gasteiger partial charge in [-0.25, -0.2) is 0 Å². The minimum Gasteiger partial charge on any atom is -0.322 e. The monoisotopic (exact) mass is 437 g/mol. The zero-order chi connectivity index (χ0) is 22.8. The van der Waals surface area contributed by atoms with E-state index in [9.17, 15) is 14.9 Å². The van der Waals surface area contributed by atoms with Crippen LogP contribution >= 0.6 is 0 Å². The van der Waals surface area contributed by atoms with Gasteiger partial charge < -0.3 is 5.32 Å². The summed E-state index contributed by atoms with van der Waals surface area (Å²) in [7, 11) is 0. The maximum Gasteiger partial charge on any atom is 0.269 e. The molecule has 1 amide bonds. The molecule has 0 fully saturated rings. The van der Waals surface area contributed by atoms with Gasteiger partial charge in [0, 0.05) is 46.9 Å². The van der Waals surface area contributed by atoms with Crippen LogP contribution in [0.1, 0.15) is 10.4 Å². The van der Waals surface area contributed by atoms with Crippen LogP contribution in [0.15, 0.2) is 85.2 Å². The van der Waals surface area contributed by atoms with Crippen LogP contribution in [0.3, 0.4) is 0 Å². The van der Waals surface area contributed by atoms with E-state index in [4.69, 9.17) is 0 Å². The first kappa shape index (κ1) is 19.9. The number of amides is 1. The molecule has 0 atom stereocenters.